The SMILES string of the molecule is C=C/C=C\C=C1/CC(Cl)=C(C=O)CCN1SI. The van der Waals surface area contributed by atoms with Crippen LogP contribution in [0, 0.1) is 0 Å². The van der Waals surface area contributed by atoms with Gasteiger partial charge in [-0.25, -0.2) is 0 Å². The molecule has 0 spiro atoms. The molecule has 0 N–H and O–H groups in total. The third-order valence-electron chi connectivity index (χ3n) is 2.35. The molecular formula is C12H13ClINOS. The summed E-state index contributed by atoms with van der Waals surface area (Å²) in [5, 5.41) is 0.645. The van der Waals surface area contributed by atoms with Gasteiger partial charge in [0.25, 0.3) is 0 Å². The molecule has 0 aromatic rings. The largest absolute Gasteiger partial charge is 0.311 e. The van der Waals surface area contributed by atoms with Crippen molar-refractivity contribution in [3.05, 3.63) is 47.2 Å². The maximum Gasteiger partial charge on any atom is 0.147 e. The van der Waals surface area contributed by atoms with E-state index in [4.69, 9.17) is 11.6 Å². The van der Waals surface area contributed by atoms with Crippen molar-refractivity contribution >= 4 is 48.2 Å². The van der Waals surface area contributed by atoms with Crippen LogP contribution in [0.1, 0.15) is 12.8 Å². The number of carbonyl (C=O) groups is 1. The van der Waals surface area contributed by atoms with Crippen molar-refractivity contribution in [1.82, 2.24) is 4.31 Å². The van der Waals surface area contributed by atoms with Gasteiger partial charge in [0, 0.05) is 59.6 Å². The van der Waals surface area contributed by atoms with E-state index in [0.717, 1.165) is 18.5 Å². The van der Waals surface area contributed by atoms with Crippen LogP contribution in [0.3, 0.4) is 0 Å². The predicted molar refractivity (Wildman–Crippen MR) is 83.9 cm³/mol. The lowest BCUT2D eigenvalue weighted by atomic mass is 10.2. The summed E-state index contributed by atoms with van der Waals surface area (Å²) in [7, 11) is 1.61. The van der Waals surface area contributed by atoms with E-state index < -0.39 is 0 Å². The van der Waals surface area contributed by atoms with Crippen LogP contribution in [-0.4, -0.2) is 17.1 Å². The van der Waals surface area contributed by atoms with Crippen molar-refractivity contribution in [2.75, 3.05) is 6.54 Å². The number of carbonyl (C=O) groups excluding carboxylic acids is 1. The first-order chi connectivity index (χ1) is 8.22. The first-order valence-corrected chi connectivity index (χ1v) is 8.79. The van der Waals surface area contributed by atoms with E-state index in [1.807, 2.05) is 18.2 Å². The van der Waals surface area contributed by atoms with E-state index in [9.17, 15) is 4.79 Å². The molecule has 0 saturated heterocycles. The van der Waals surface area contributed by atoms with Crippen molar-refractivity contribution in [3.8, 4) is 0 Å². The molecule has 5 heteroatoms. The first-order valence-electron chi connectivity index (χ1n) is 5.10. The van der Waals surface area contributed by atoms with Crippen LogP contribution in [0.15, 0.2) is 47.2 Å². The quantitative estimate of drug-likeness (QED) is 0.312. The Labute approximate surface area is 123 Å². The van der Waals surface area contributed by atoms with Crippen molar-refractivity contribution < 1.29 is 4.79 Å². The molecule has 0 bridgehead atoms. The van der Waals surface area contributed by atoms with Crippen LogP contribution in [0.5, 0.6) is 0 Å². The van der Waals surface area contributed by atoms with Gasteiger partial charge in [0.1, 0.15) is 6.29 Å². The van der Waals surface area contributed by atoms with Gasteiger partial charge < -0.3 is 4.31 Å². The van der Waals surface area contributed by atoms with E-state index in [0.29, 0.717) is 23.4 Å². The average Bonchev–Trinajstić information content (AvgIpc) is 2.48. The molecule has 0 radical (unpaired) electrons. The van der Waals surface area contributed by atoms with E-state index in [2.05, 4.69) is 32.1 Å². The number of aldehydes is 1. The Balaban J connectivity index is 2.94. The van der Waals surface area contributed by atoms with E-state index >= 15 is 0 Å². The van der Waals surface area contributed by atoms with Crippen molar-refractivity contribution in [1.29, 1.82) is 0 Å². The fourth-order valence-corrected chi connectivity index (χ4v) is 3.45. The minimum Gasteiger partial charge on any atom is -0.311 e. The van der Waals surface area contributed by atoms with Crippen LogP contribution < -0.4 is 0 Å². The van der Waals surface area contributed by atoms with Gasteiger partial charge in [0.15, 0.2) is 0 Å². The number of rotatable bonds is 4. The molecule has 0 aromatic carbocycles. The monoisotopic (exact) mass is 381 g/mol. The van der Waals surface area contributed by atoms with E-state index in [1.54, 1.807) is 15.2 Å². The van der Waals surface area contributed by atoms with E-state index in [1.165, 1.54) is 0 Å². The van der Waals surface area contributed by atoms with Crippen LogP contribution in [0.2, 0.25) is 0 Å². The molecule has 1 aliphatic rings. The Kier molecular flexibility index (Phi) is 6.99. The maximum absolute atomic E-state index is 10.9. The second kappa shape index (κ2) is 8.00. The summed E-state index contributed by atoms with van der Waals surface area (Å²) in [4.78, 5) is 10.9. The number of halogens is 2. The van der Waals surface area contributed by atoms with Gasteiger partial charge in [0.05, 0.1) is 0 Å². The molecule has 0 fully saturated rings. The Morgan fingerprint density at radius 1 is 1.47 bits per heavy atom. The highest BCUT2D eigenvalue weighted by Gasteiger charge is 2.18. The van der Waals surface area contributed by atoms with Crippen LogP contribution in [-0.2, 0) is 4.79 Å². The smallest absolute Gasteiger partial charge is 0.147 e. The number of hydrogen-bond acceptors (Lipinski definition) is 3. The zero-order valence-corrected chi connectivity index (χ0v) is 13.0. The highest BCUT2D eigenvalue weighted by Crippen LogP contribution is 2.33. The third kappa shape index (κ3) is 4.52. The van der Waals surface area contributed by atoms with Gasteiger partial charge in [0.2, 0.25) is 0 Å². The fourth-order valence-electron chi connectivity index (χ4n) is 1.45. The first kappa shape index (κ1) is 14.9. The van der Waals surface area contributed by atoms with Gasteiger partial charge in [-0.2, -0.15) is 0 Å². The zero-order chi connectivity index (χ0) is 12.7. The van der Waals surface area contributed by atoms with Crippen molar-refractivity contribution in [2.24, 2.45) is 0 Å². The summed E-state index contributed by atoms with van der Waals surface area (Å²) < 4.78 is 2.15. The summed E-state index contributed by atoms with van der Waals surface area (Å²) in [5.41, 5.74) is 1.81. The van der Waals surface area contributed by atoms with Crippen LogP contribution in [0.4, 0.5) is 0 Å². The normalized spacial score (nSPS) is 19.9. The van der Waals surface area contributed by atoms with Gasteiger partial charge >= 0.3 is 0 Å². The number of hydrogen-bond donors (Lipinski definition) is 0. The summed E-state index contributed by atoms with van der Waals surface area (Å²) in [6, 6.07) is 0. The molecule has 1 rings (SSSR count). The summed E-state index contributed by atoms with van der Waals surface area (Å²) in [5.74, 6) is 0. The lowest BCUT2D eigenvalue weighted by Gasteiger charge is -2.20. The number of nitrogens with zero attached hydrogens (tertiary/aromatic N) is 1. The van der Waals surface area contributed by atoms with E-state index in [-0.39, 0.29) is 0 Å². The van der Waals surface area contributed by atoms with Gasteiger partial charge in [-0.05, 0) is 12.5 Å². The molecule has 0 saturated carbocycles. The maximum atomic E-state index is 10.9. The lowest BCUT2D eigenvalue weighted by Crippen LogP contribution is -2.13. The van der Waals surface area contributed by atoms with Crippen LogP contribution >= 0.6 is 41.9 Å². The fraction of sp³-hybridized carbons (Fsp3) is 0.250. The Morgan fingerprint density at radius 3 is 2.82 bits per heavy atom. The lowest BCUT2D eigenvalue weighted by molar-refractivity contribution is -0.105. The highest BCUT2D eigenvalue weighted by atomic mass is 127. The minimum atomic E-state index is 0.604. The minimum absolute atomic E-state index is 0.604. The number of allylic oxidation sites excluding steroid dienone is 5. The Bertz CT molecular complexity index is 390. The molecule has 1 heterocycles. The van der Waals surface area contributed by atoms with Crippen molar-refractivity contribution in [2.45, 2.75) is 12.8 Å². The molecule has 0 amide bonds. The third-order valence-corrected chi connectivity index (χ3v) is 4.74. The predicted octanol–water partition coefficient (Wildman–Crippen LogP) is 4.40. The molecule has 1 aliphatic heterocycles. The molecule has 17 heavy (non-hydrogen) atoms. The molecule has 0 aromatic heterocycles. The molecule has 92 valence electrons. The summed E-state index contributed by atoms with van der Waals surface area (Å²) in [6.45, 7) is 4.42. The molecule has 2 nitrogen and oxygen atoms in total. The molecule has 0 aliphatic carbocycles. The highest BCUT2D eigenvalue weighted by molar-refractivity contribution is 14.2. The molecular weight excluding hydrogens is 369 g/mol. The van der Waals surface area contributed by atoms with Gasteiger partial charge in [-0.3, -0.25) is 4.79 Å². The van der Waals surface area contributed by atoms with Gasteiger partial charge in [-0.15, -0.1) is 0 Å². The van der Waals surface area contributed by atoms with Crippen LogP contribution in [0.25, 0.3) is 0 Å². The van der Waals surface area contributed by atoms with Crippen molar-refractivity contribution in [3.63, 3.8) is 0 Å². The average molecular weight is 382 g/mol. The molecule has 0 atom stereocenters. The Morgan fingerprint density at radius 2 is 2.24 bits per heavy atom. The second-order valence-electron chi connectivity index (χ2n) is 3.42. The summed E-state index contributed by atoms with van der Waals surface area (Å²) in [6.07, 6.45) is 9.69. The standard InChI is InChI=1S/C12H13ClINOS/c1-2-3-4-5-11-8-12(13)10(9-16)6-7-15(11)17-14/h2-5,9H,1,6-8H2/b4-3-,11-5+. The molecule has 0 unspecified atom stereocenters. The zero-order valence-electron chi connectivity index (χ0n) is 9.23. The summed E-state index contributed by atoms with van der Waals surface area (Å²) >= 11 is 8.38. The second-order valence-corrected chi connectivity index (χ2v) is 5.64. The topological polar surface area (TPSA) is 20.3 Å². The Hall–Kier alpha value is -0.200. The van der Waals surface area contributed by atoms with Gasteiger partial charge in [-0.1, -0.05) is 36.4 Å².